The Hall–Kier alpha value is -0.610. The highest BCUT2D eigenvalue weighted by molar-refractivity contribution is 5.81. The molecule has 1 heterocycles. The number of nitrogens with two attached hydrogens (primary N) is 1. The molecule has 1 aliphatic rings. The van der Waals surface area contributed by atoms with E-state index in [1.165, 1.54) is 0 Å². The van der Waals surface area contributed by atoms with Crippen molar-refractivity contribution in [3.63, 3.8) is 0 Å². The SMILES string of the molecule is CC(C)(N)CNC(=O)[C@H]1CCCO1. The molecular formula is C9H18N2O2. The first-order valence-electron chi connectivity index (χ1n) is 4.67. The maximum absolute atomic E-state index is 11.4. The van der Waals surface area contributed by atoms with Crippen LogP contribution in [0.15, 0.2) is 0 Å². The highest BCUT2D eigenvalue weighted by Crippen LogP contribution is 2.11. The Morgan fingerprint density at radius 3 is 2.85 bits per heavy atom. The van der Waals surface area contributed by atoms with Crippen molar-refractivity contribution in [3.05, 3.63) is 0 Å². The lowest BCUT2D eigenvalue weighted by molar-refractivity contribution is -0.130. The molecule has 76 valence electrons. The second-order valence-corrected chi connectivity index (χ2v) is 4.21. The number of rotatable bonds is 3. The Kier molecular flexibility index (Phi) is 3.27. The minimum atomic E-state index is -0.353. The lowest BCUT2D eigenvalue weighted by Crippen LogP contribution is -2.47. The van der Waals surface area contributed by atoms with Gasteiger partial charge in [0.2, 0.25) is 5.91 Å². The summed E-state index contributed by atoms with van der Waals surface area (Å²) in [6, 6.07) is 0. The number of hydrogen-bond acceptors (Lipinski definition) is 3. The van der Waals surface area contributed by atoms with E-state index in [-0.39, 0.29) is 17.6 Å². The zero-order valence-corrected chi connectivity index (χ0v) is 8.30. The Balaban J connectivity index is 2.25. The largest absolute Gasteiger partial charge is 0.368 e. The third kappa shape index (κ3) is 3.74. The summed E-state index contributed by atoms with van der Waals surface area (Å²) in [5.74, 6) is -0.0315. The van der Waals surface area contributed by atoms with Crippen molar-refractivity contribution in [1.82, 2.24) is 5.32 Å². The van der Waals surface area contributed by atoms with Crippen molar-refractivity contribution in [3.8, 4) is 0 Å². The molecule has 1 rings (SSSR count). The van der Waals surface area contributed by atoms with Gasteiger partial charge in [-0.15, -0.1) is 0 Å². The van der Waals surface area contributed by atoms with Crippen molar-refractivity contribution >= 4 is 5.91 Å². The summed E-state index contributed by atoms with van der Waals surface area (Å²) in [4.78, 5) is 11.4. The highest BCUT2D eigenvalue weighted by atomic mass is 16.5. The van der Waals surface area contributed by atoms with Crippen LogP contribution in [0.25, 0.3) is 0 Å². The van der Waals surface area contributed by atoms with E-state index < -0.39 is 0 Å². The van der Waals surface area contributed by atoms with Crippen LogP contribution < -0.4 is 11.1 Å². The van der Waals surface area contributed by atoms with Crippen LogP contribution in [0.2, 0.25) is 0 Å². The van der Waals surface area contributed by atoms with Crippen molar-refractivity contribution < 1.29 is 9.53 Å². The van der Waals surface area contributed by atoms with Gasteiger partial charge in [-0.25, -0.2) is 0 Å². The first-order chi connectivity index (χ1) is 5.99. The highest BCUT2D eigenvalue weighted by Gasteiger charge is 2.24. The molecule has 13 heavy (non-hydrogen) atoms. The standard InChI is InChI=1S/C9H18N2O2/c1-9(2,10)6-11-8(12)7-4-3-5-13-7/h7H,3-6,10H2,1-2H3,(H,11,12)/t7-/m1/s1. The quantitative estimate of drug-likeness (QED) is 0.653. The third-order valence-corrected chi connectivity index (χ3v) is 1.94. The van der Waals surface area contributed by atoms with E-state index in [4.69, 9.17) is 10.5 Å². The third-order valence-electron chi connectivity index (χ3n) is 1.94. The number of carbonyl (C=O) groups excluding carboxylic acids is 1. The molecule has 0 aromatic carbocycles. The van der Waals surface area contributed by atoms with E-state index in [0.717, 1.165) is 12.8 Å². The molecule has 0 saturated carbocycles. The number of amides is 1. The summed E-state index contributed by atoms with van der Waals surface area (Å²) in [6.45, 7) is 4.95. The monoisotopic (exact) mass is 186 g/mol. The molecule has 0 unspecified atom stereocenters. The van der Waals surface area contributed by atoms with Gasteiger partial charge in [0.05, 0.1) is 0 Å². The van der Waals surface area contributed by atoms with Gasteiger partial charge in [-0.05, 0) is 26.7 Å². The van der Waals surface area contributed by atoms with Gasteiger partial charge in [0.25, 0.3) is 0 Å². The van der Waals surface area contributed by atoms with E-state index in [1.54, 1.807) is 0 Å². The van der Waals surface area contributed by atoms with Gasteiger partial charge < -0.3 is 15.8 Å². The Morgan fingerprint density at radius 1 is 1.69 bits per heavy atom. The molecule has 0 aromatic rings. The van der Waals surface area contributed by atoms with Crippen LogP contribution in [0, 0.1) is 0 Å². The van der Waals surface area contributed by atoms with Crippen LogP contribution in [0.3, 0.4) is 0 Å². The Bertz CT molecular complexity index is 181. The van der Waals surface area contributed by atoms with E-state index >= 15 is 0 Å². The molecule has 0 aromatic heterocycles. The first-order valence-corrected chi connectivity index (χ1v) is 4.67. The minimum Gasteiger partial charge on any atom is -0.368 e. The molecule has 1 amide bonds. The van der Waals surface area contributed by atoms with Crippen LogP contribution in [0.5, 0.6) is 0 Å². The molecule has 0 spiro atoms. The lowest BCUT2D eigenvalue weighted by Gasteiger charge is -2.20. The van der Waals surface area contributed by atoms with Gasteiger partial charge in [0.1, 0.15) is 6.10 Å². The maximum atomic E-state index is 11.4. The van der Waals surface area contributed by atoms with Crippen LogP contribution >= 0.6 is 0 Å². The molecule has 1 saturated heterocycles. The molecule has 3 N–H and O–H groups in total. The summed E-state index contributed by atoms with van der Waals surface area (Å²) < 4.78 is 5.23. The Labute approximate surface area is 78.8 Å². The fraction of sp³-hybridized carbons (Fsp3) is 0.889. The van der Waals surface area contributed by atoms with Crippen LogP contribution in [-0.4, -0.2) is 30.7 Å². The van der Waals surface area contributed by atoms with Gasteiger partial charge in [0.15, 0.2) is 0 Å². The first kappa shape index (κ1) is 10.5. The topological polar surface area (TPSA) is 64.3 Å². The summed E-state index contributed by atoms with van der Waals surface area (Å²) in [7, 11) is 0. The minimum absolute atomic E-state index is 0.0315. The van der Waals surface area contributed by atoms with Gasteiger partial charge in [-0.2, -0.15) is 0 Å². The number of hydrogen-bond donors (Lipinski definition) is 2. The van der Waals surface area contributed by atoms with Gasteiger partial charge >= 0.3 is 0 Å². The summed E-state index contributed by atoms with van der Waals surface area (Å²) in [5.41, 5.74) is 5.37. The molecule has 1 fully saturated rings. The van der Waals surface area contributed by atoms with E-state index in [0.29, 0.717) is 13.2 Å². The maximum Gasteiger partial charge on any atom is 0.249 e. The molecule has 0 bridgehead atoms. The van der Waals surface area contributed by atoms with Gasteiger partial charge in [-0.3, -0.25) is 4.79 Å². The average molecular weight is 186 g/mol. The predicted octanol–water partition coefficient (Wildman–Crippen LogP) is 0.0189. The van der Waals surface area contributed by atoms with Crippen LogP contribution in [0.1, 0.15) is 26.7 Å². The predicted molar refractivity (Wildman–Crippen MR) is 50.3 cm³/mol. The zero-order valence-electron chi connectivity index (χ0n) is 8.30. The number of nitrogens with one attached hydrogen (secondary N) is 1. The van der Waals surface area contributed by atoms with Crippen molar-refractivity contribution in [2.75, 3.05) is 13.2 Å². The lowest BCUT2D eigenvalue weighted by atomic mass is 10.1. The molecular weight excluding hydrogens is 168 g/mol. The van der Waals surface area contributed by atoms with Gasteiger partial charge in [-0.1, -0.05) is 0 Å². The molecule has 1 atom stereocenters. The number of ether oxygens (including phenoxy) is 1. The van der Waals surface area contributed by atoms with E-state index in [2.05, 4.69) is 5.32 Å². The smallest absolute Gasteiger partial charge is 0.249 e. The van der Waals surface area contributed by atoms with Crippen molar-refractivity contribution in [1.29, 1.82) is 0 Å². The van der Waals surface area contributed by atoms with E-state index in [9.17, 15) is 4.79 Å². The van der Waals surface area contributed by atoms with Crippen LogP contribution in [-0.2, 0) is 9.53 Å². The summed E-state index contributed by atoms with van der Waals surface area (Å²) in [5, 5.41) is 2.78. The fourth-order valence-corrected chi connectivity index (χ4v) is 1.21. The second-order valence-electron chi connectivity index (χ2n) is 4.21. The molecule has 4 nitrogen and oxygen atoms in total. The van der Waals surface area contributed by atoms with Crippen molar-refractivity contribution in [2.24, 2.45) is 5.73 Å². The molecule has 1 aliphatic heterocycles. The second kappa shape index (κ2) is 4.07. The number of carbonyl (C=O) groups is 1. The molecule has 4 heteroatoms. The molecule has 0 aliphatic carbocycles. The molecule has 0 radical (unpaired) electrons. The van der Waals surface area contributed by atoms with Gasteiger partial charge in [0, 0.05) is 18.7 Å². The summed E-state index contributed by atoms with van der Waals surface area (Å²) >= 11 is 0. The zero-order chi connectivity index (χ0) is 9.90. The van der Waals surface area contributed by atoms with E-state index in [1.807, 2.05) is 13.8 Å². The average Bonchev–Trinajstić information content (AvgIpc) is 2.50. The normalized spacial score (nSPS) is 23.2. The van der Waals surface area contributed by atoms with Crippen molar-refractivity contribution in [2.45, 2.75) is 38.3 Å². The fourth-order valence-electron chi connectivity index (χ4n) is 1.21. The summed E-state index contributed by atoms with van der Waals surface area (Å²) in [6.07, 6.45) is 1.56. The Morgan fingerprint density at radius 2 is 2.38 bits per heavy atom. The van der Waals surface area contributed by atoms with Crippen LogP contribution in [0.4, 0.5) is 0 Å².